The van der Waals surface area contributed by atoms with E-state index >= 15 is 0 Å². The fourth-order valence-electron chi connectivity index (χ4n) is 5.76. The number of amides is 2. The van der Waals surface area contributed by atoms with Crippen molar-refractivity contribution in [2.24, 2.45) is 0 Å². The second kappa shape index (κ2) is 13.1. The van der Waals surface area contributed by atoms with Crippen molar-refractivity contribution in [3.63, 3.8) is 0 Å². The van der Waals surface area contributed by atoms with E-state index in [2.05, 4.69) is 44.7 Å². The van der Waals surface area contributed by atoms with Crippen molar-refractivity contribution < 1.29 is 9.59 Å². The molecule has 6 rings (SSSR count). The van der Waals surface area contributed by atoms with E-state index in [-0.39, 0.29) is 11.8 Å². The van der Waals surface area contributed by atoms with Crippen LogP contribution in [0.3, 0.4) is 0 Å². The maximum atomic E-state index is 12.5. The lowest BCUT2D eigenvalue weighted by atomic mass is 10.00. The smallest absolute Gasteiger partial charge is 0.238 e. The average molecular weight is 560 g/mol. The van der Waals surface area contributed by atoms with E-state index in [0.717, 1.165) is 71.2 Å². The SMILES string of the molecule is O=C(CN1CCCC1)Nc1ccc(-c2cc(-c3ccccc3)cc(-c3ccc(NC(=O)CN4CCCC4)cc3)n2)cc1. The van der Waals surface area contributed by atoms with Crippen LogP contribution in [0.5, 0.6) is 0 Å². The minimum absolute atomic E-state index is 0.0202. The third kappa shape index (κ3) is 7.11. The minimum Gasteiger partial charge on any atom is -0.325 e. The van der Waals surface area contributed by atoms with Crippen molar-refractivity contribution in [2.75, 3.05) is 49.9 Å². The highest BCUT2D eigenvalue weighted by molar-refractivity contribution is 5.93. The van der Waals surface area contributed by atoms with Gasteiger partial charge in [-0.15, -0.1) is 0 Å². The first-order valence-electron chi connectivity index (χ1n) is 14.9. The molecule has 3 aromatic carbocycles. The van der Waals surface area contributed by atoms with Gasteiger partial charge in [-0.2, -0.15) is 0 Å². The van der Waals surface area contributed by atoms with Crippen LogP contribution < -0.4 is 10.6 Å². The highest BCUT2D eigenvalue weighted by Gasteiger charge is 2.17. The molecule has 1 aromatic heterocycles. The fraction of sp³-hybridized carbons (Fsp3) is 0.286. The first kappa shape index (κ1) is 27.8. The molecule has 7 nitrogen and oxygen atoms in total. The van der Waals surface area contributed by atoms with Crippen LogP contribution in [0.1, 0.15) is 25.7 Å². The number of benzene rings is 3. The van der Waals surface area contributed by atoms with Gasteiger partial charge in [-0.1, -0.05) is 54.6 Å². The van der Waals surface area contributed by atoms with Crippen molar-refractivity contribution in [2.45, 2.75) is 25.7 Å². The molecule has 2 aliphatic rings. The molecule has 0 bridgehead atoms. The number of rotatable bonds is 9. The van der Waals surface area contributed by atoms with Crippen molar-refractivity contribution in [3.05, 3.63) is 91.0 Å². The van der Waals surface area contributed by atoms with E-state index < -0.39 is 0 Å². The third-order valence-electron chi connectivity index (χ3n) is 7.99. The van der Waals surface area contributed by atoms with Gasteiger partial charge in [0.15, 0.2) is 0 Å². The van der Waals surface area contributed by atoms with Gasteiger partial charge in [-0.25, -0.2) is 4.98 Å². The van der Waals surface area contributed by atoms with Gasteiger partial charge >= 0.3 is 0 Å². The second-order valence-corrected chi connectivity index (χ2v) is 11.2. The molecule has 0 atom stereocenters. The zero-order valence-corrected chi connectivity index (χ0v) is 23.9. The molecule has 0 radical (unpaired) electrons. The lowest BCUT2D eigenvalue weighted by Crippen LogP contribution is -2.30. The standard InChI is InChI=1S/C35H37N5O2/c41-34(24-39-18-4-5-19-39)36-30-14-10-27(11-15-30)32-22-29(26-8-2-1-3-9-26)23-33(38-32)28-12-16-31(17-13-28)37-35(42)25-40-20-6-7-21-40/h1-3,8-17,22-23H,4-7,18-21,24-25H2,(H,36,41)(H,37,42). The summed E-state index contributed by atoms with van der Waals surface area (Å²) in [6.07, 6.45) is 4.66. The van der Waals surface area contributed by atoms with Crippen LogP contribution in [-0.4, -0.2) is 65.9 Å². The van der Waals surface area contributed by atoms with Crippen LogP contribution in [0.15, 0.2) is 91.0 Å². The van der Waals surface area contributed by atoms with E-state index in [1.54, 1.807) is 0 Å². The molecule has 0 saturated carbocycles. The predicted molar refractivity (Wildman–Crippen MR) is 169 cm³/mol. The highest BCUT2D eigenvalue weighted by Crippen LogP contribution is 2.31. The Balaban J connectivity index is 1.21. The molecule has 42 heavy (non-hydrogen) atoms. The fourth-order valence-corrected chi connectivity index (χ4v) is 5.76. The van der Waals surface area contributed by atoms with Crippen LogP contribution in [0.2, 0.25) is 0 Å². The van der Waals surface area contributed by atoms with Gasteiger partial charge in [-0.3, -0.25) is 19.4 Å². The van der Waals surface area contributed by atoms with Crippen LogP contribution in [0, 0.1) is 0 Å². The van der Waals surface area contributed by atoms with Gasteiger partial charge in [0, 0.05) is 22.5 Å². The Hall–Kier alpha value is -4.33. The summed E-state index contributed by atoms with van der Waals surface area (Å²) in [5, 5.41) is 6.05. The number of hydrogen-bond donors (Lipinski definition) is 2. The molecule has 2 saturated heterocycles. The molecule has 0 aliphatic carbocycles. The molecule has 4 aromatic rings. The molecule has 0 unspecified atom stereocenters. The number of anilines is 2. The Bertz CT molecular complexity index is 1410. The number of nitrogens with zero attached hydrogens (tertiary/aromatic N) is 3. The summed E-state index contributed by atoms with van der Waals surface area (Å²) in [6, 6.07) is 30.3. The largest absolute Gasteiger partial charge is 0.325 e. The topological polar surface area (TPSA) is 77.6 Å². The zero-order valence-electron chi connectivity index (χ0n) is 23.9. The molecule has 214 valence electrons. The van der Waals surface area contributed by atoms with E-state index in [4.69, 9.17) is 4.98 Å². The molecule has 2 amide bonds. The van der Waals surface area contributed by atoms with Gasteiger partial charge in [0.25, 0.3) is 0 Å². The molecule has 2 aliphatic heterocycles. The molecule has 7 heteroatoms. The summed E-state index contributed by atoms with van der Waals surface area (Å²) in [7, 11) is 0. The quantitative estimate of drug-likeness (QED) is 0.257. The number of carbonyl (C=O) groups excluding carboxylic acids is 2. The number of hydrogen-bond acceptors (Lipinski definition) is 5. The number of pyridine rings is 1. The maximum absolute atomic E-state index is 12.5. The van der Waals surface area contributed by atoms with Crippen molar-refractivity contribution in [1.29, 1.82) is 0 Å². The Kier molecular flexibility index (Phi) is 8.68. The average Bonchev–Trinajstić information content (AvgIpc) is 3.73. The van der Waals surface area contributed by atoms with E-state index in [0.29, 0.717) is 13.1 Å². The first-order valence-corrected chi connectivity index (χ1v) is 14.9. The number of aromatic nitrogens is 1. The van der Waals surface area contributed by atoms with Gasteiger partial charge < -0.3 is 10.6 Å². The third-order valence-corrected chi connectivity index (χ3v) is 7.99. The summed E-state index contributed by atoms with van der Waals surface area (Å²) in [5.41, 5.74) is 7.39. The summed E-state index contributed by atoms with van der Waals surface area (Å²) < 4.78 is 0. The molecular formula is C35H37N5O2. The number of carbonyl (C=O) groups is 2. The van der Waals surface area contributed by atoms with Gasteiger partial charge in [-0.05, 0) is 99.4 Å². The number of nitrogens with one attached hydrogen (secondary N) is 2. The summed E-state index contributed by atoms with van der Waals surface area (Å²) in [4.78, 5) is 34.4. The predicted octanol–water partition coefficient (Wildman–Crippen LogP) is 6.15. The van der Waals surface area contributed by atoms with Crippen molar-refractivity contribution in [3.8, 4) is 33.6 Å². The summed E-state index contributed by atoms with van der Waals surface area (Å²) in [6.45, 7) is 4.85. The lowest BCUT2D eigenvalue weighted by molar-refractivity contribution is -0.117. The first-order chi connectivity index (χ1) is 20.6. The van der Waals surface area contributed by atoms with E-state index in [1.807, 2.05) is 66.7 Å². The highest BCUT2D eigenvalue weighted by atomic mass is 16.2. The monoisotopic (exact) mass is 559 g/mol. The van der Waals surface area contributed by atoms with Crippen LogP contribution in [0.4, 0.5) is 11.4 Å². The van der Waals surface area contributed by atoms with Crippen molar-refractivity contribution >= 4 is 23.2 Å². The van der Waals surface area contributed by atoms with Crippen LogP contribution in [0.25, 0.3) is 33.6 Å². The zero-order chi connectivity index (χ0) is 28.7. The Labute approximate surface area is 247 Å². The Morgan fingerprint density at radius 2 is 0.976 bits per heavy atom. The molecule has 0 spiro atoms. The molecule has 2 fully saturated rings. The summed E-state index contributed by atoms with van der Waals surface area (Å²) in [5.74, 6) is 0.0404. The lowest BCUT2D eigenvalue weighted by Gasteiger charge is -2.15. The Morgan fingerprint density at radius 1 is 0.548 bits per heavy atom. The number of likely N-dealkylation sites (tertiary alicyclic amines) is 2. The maximum Gasteiger partial charge on any atom is 0.238 e. The van der Waals surface area contributed by atoms with Crippen molar-refractivity contribution in [1.82, 2.24) is 14.8 Å². The molecular weight excluding hydrogens is 522 g/mol. The van der Waals surface area contributed by atoms with Crippen LogP contribution in [-0.2, 0) is 9.59 Å². The van der Waals surface area contributed by atoms with Crippen LogP contribution >= 0.6 is 0 Å². The molecule has 3 heterocycles. The van der Waals surface area contributed by atoms with E-state index in [9.17, 15) is 9.59 Å². The normalized spacial score (nSPS) is 15.5. The molecule has 2 N–H and O–H groups in total. The Morgan fingerprint density at radius 3 is 1.40 bits per heavy atom. The van der Waals surface area contributed by atoms with Gasteiger partial charge in [0.05, 0.1) is 24.5 Å². The summed E-state index contributed by atoms with van der Waals surface area (Å²) >= 11 is 0. The van der Waals surface area contributed by atoms with Gasteiger partial charge in [0.2, 0.25) is 11.8 Å². The van der Waals surface area contributed by atoms with Gasteiger partial charge in [0.1, 0.15) is 0 Å². The second-order valence-electron chi connectivity index (χ2n) is 11.2. The minimum atomic E-state index is 0.0202. The van der Waals surface area contributed by atoms with E-state index in [1.165, 1.54) is 25.7 Å².